The Morgan fingerprint density at radius 2 is 1.04 bits per heavy atom. The van der Waals surface area contributed by atoms with Gasteiger partial charge in [-0.3, -0.25) is 9.59 Å². The topological polar surface area (TPSA) is 34.1 Å². The largest absolute Gasteiger partial charge is 0.288 e. The van der Waals surface area contributed by atoms with Crippen molar-refractivity contribution in [3.05, 3.63) is 92.7 Å². The summed E-state index contributed by atoms with van der Waals surface area (Å²) in [4.78, 5) is 27.2. The number of aryl methyl sites for hydroxylation is 2. The molecule has 0 saturated heterocycles. The van der Waals surface area contributed by atoms with Crippen LogP contribution in [0, 0.1) is 13.8 Å². The second-order valence-electron chi connectivity index (χ2n) is 6.17. The molecule has 0 bridgehead atoms. The lowest BCUT2D eigenvalue weighted by Gasteiger charge is -2.02. The van der Waals surface area contributed by atoms with E-state index >= 15 is 0 Å². The molecule has 0 saturated carbocycles. The molecule has 0 N–H and O–H groups in total. The van der Waals surface area contributed by atoms with Crippen LogP contribution in [-0.2, 0) is 0 Å². The highest BCUT2D eigenvalue weighted by Crippen LogP contribution is 2.42. The lowest BCUT2D eigenvalue weighted by atomic mass is 10.0. The van der Waals surface area contributed by atoms with Gasteiger partial charge in [-0.25, -0.2) is 0 Å². The van der Waals surface area contributed by atoms with Gasteiger partial charge < -0.3 is 0 Å². The SMILES string of the molecule is Cc1c(C(=O)c2ccccc2)sc2sc(C(=O)c3ccccc3)c(C)c12. The summed E-state index contributed by atoms with van der Waals surface area (Å²) in [5.74, 6) is 0.0960. The van der Waals surface area contributed by atoms with Crippen molar-refractivity contribution in [3.63, 3.8) is 0 Å². The molecule has 0 spiro atoms. The van der Waals surface area contributed by atoms with E-state index in [1.165, 1.54) is 22.7 Å². The van der Waals surface area contributed by atoms with Gasteiger partial charge in [-0.1, -0.05) is 60.7 Å². The molecule has 2 aromatic heterocycles. The van der Waals surface area contributed by atoms with E-state index in [-0.39, 0.29) is 11.6 Å². The van der Waals surface area contributed by atoms with Crippen molar-refractivity contribution in [2.24, 2.45) is 0 Å². The number of ketones is 2. The second-order valence-corrected chi connectivity index (χ2v) is 8.46. The number of rotatable bonds is 4. The van der Waals surface area contributed by atoms with Crippen molar-refractivity contribution in [2.45, 2.75) is 13.8 Å². The summed E-state index contributed by atoms with van der Waals surface area (Å²) in [5, 5.41) is 1.05. The number of carbonyl (C=O) groups excluding carboxylic acids is 2. The zero-order valence-corrected chi connectivity index (χ0v) is 16.0. The highest BCUT2D eigenvalue weighted by atomic mass is 32.2. The van der Waals surface area contributed by atoms with E-state index in [0.717, 1.165) is 30.3 Å². The van der Waals surface area contributed by atoms with Crippen LogP contribution < -0.4 is 0 Å². The van der Waals surface area contributed by atoms with Crippen molar-refractivity contribution in [1.82, 2.24) is 0 Å². The maximum atomic E-state index is 12.8. The maximum Gasteiger partial charge on any atom is 0.203 e. The van der Waals surface area contributed by atoms with Gasteiger partial charge in [0.15, 0.2) is 0 Å². The monoisotopic (exact) mass is 376 g/mol. The molecule has 26 heavy (non-hydrogen) atoms. The summed E-state index contributed by atoms with van der Waals surface area (Å²) < 4.78 is 1.04. The van der Waals surface area contributed by atoms with Crippen molar-refractivity contribution in [1.29, 1.82) is 0 Å². The average molecular weight is 377 g/mol. The fourth-order valence-electron chi connectivity index (χ4n) is 3.15. The normalized spacial score (nSPS) is 11.0. The number of thiophene rings is 2. The quantitative estimate of drug-likeness (QED) is 0.407. The molecule has 2 aromatic carbocycles. The molecule has 0 radical (unpaired) electrons. The van der Waals surface area contributed by atoms with Crippen molar-refractivity contribution < 1.29 is 9.59 Å². The lowest BCUT2D eigenvalue weighted by Crippen LogP contribution is -2.01. The first kappa shape index (κ1) is 16.9. The number of carbonyl (C=O) groups is 2. The average Bonchev–Trinajstić information content (AvgIpc) is 3.19. The predicted molar refractivity (Wildman–Crippen MR) is 109 cm³/mol. The van der Waals surface area contributed by atoms with E-state index < -0.39 is 0 Å². The predicted octanol–water partition coefficient (Wildman–Crippen LogP) is 6.04. The summed E-state index contributed by atoms with van der Waals surface area (Å²) in [6.45, 7) is 3.96. The number of hydrogen-bond acceptors (Lipinski definition) is 4. The molecule has 0 aliphatic rings. The molecular weight excluding hydrogens is 360 g/mol. The minimum atomic E-state index is 0.0480. The Hall–Kier alpha value is -2.56. The van der Waals surface area contributed by atoms with Gasteiger partial charge in [0.05, 0.1) is 13.8 Å². The molecule has 0 amide bonds. The van der Waals surface area contributed by atoms with Gasteiger partial charge in [0.1, 0.15) is 0 Å². The Labute approximate surface area is 159 Å². The third-order valence-corrected chi connectivity index (χ3v) is 7.18. The molecule has 0 aliphatic carbocycles. The smallest absolute Gasteiger partial charge is 0.203 e. The van der Waals surface area contributed by atoms with Gasteiger partial charge in [-0.05, 0) is 25.0 Å². The molecule has 2 heterocycles. The fourth-order valence-corrected chi connectivity index (χ4v) is 5.94. The first-order valence-electron chi connectivity index (χ1n) is 8.30. The third kappa shape index (κ3) is 2.71. The number of hydrogen-bond donors (Lipinski definition) is 0. The Balaban J connectivity index is 1.79. The van der Waals surface area contributed by atoms with Crippen LogP contribution in [0.15, 0.2) is 60.7 Å². The molecule has 4 heteroatoms. The zero-order valence-electron chi connectivity index (χ0n) is 14.4. The lowest BCUT2D eigenvalue weighted by molar-refractivity contribution is 0.103. The summed E-state index contributed by atoms with van der Waals surface area (Å²) in [6.07, 6.45) is 0. The first-order valence-corrected chi connectivity index (χ1v) is 9.93. The Kier molecular flexibility index (Phi) is 4.31. The van der Waals surface area contributed by atoms with Gasteiger partial charge in [-0.2, -0.15) is 0 Å². The van der Waals surface area contributed by atoms with Crippen molar-refractivity contribution in [2.75, 3.05) is 0 Å². The standard InChI is InChI=1S/C22H16O2S2/c1-13-17-14(2)21(19(24)16-11-7-4-8-12-16)26-22(17)25-20(13)18(23)15-9-5-3-6-10-15/h3-12H,1-2H3. The molecule has 4 aromatic rings. The Morgan fingerprint density at radius 1 is 0.654 bits per heavy atom. The summed E-state index contributed by atoms with van der Waals surface area (Å²) in [6, 6.07) is 18.7. The van der Waals surface area contributed by atoms with E-state index in [4.69, 9.17) is 0 Å². The van der Waals surface area contributed by atoms with Gasteiger partial charge in [-0.15, -0.1) is 22.7 Å². The minimum Gasteiger partial charge on any atom is -0.288 e. The molecule has 0 unspecified atom stereocenters. The van der Waals surface area contributed by atoms with Crippen LogP contribution >= 0.6 is 22.7 Å². The second kappa shape index (κ2) is 6.63. The Bertz CT molecular complexity index is 1030. The van der Waals surface area contributed by atoms with Gasteiger partial charge in [0, 0.05) is 16.5 Å². The third-order valence-electron chi connectivity index (χ3n) is 4.51. The van der Waals surface area contributed by atoms with Crippen LogP contribution in [-0.4, -0.2) is 11.6 Å². The van der Waals surface area contributed by atoms with Gasteiger partial charge in [0.25, 0.3) is 0 Å². The van der Waals surface area contributed by atoms with E-state index in [2.05, 4.69) is 0 Å². The molecule has 0 atom stereocenters. The van der Waals surface area contributed by atoms with Crippen LogP contribution in [0.1, 0.15) is 41.6 Å². The maximum absolute atomic E-state index is 12.8. The van der Waals surface area contributed by atoms with Crippen LogP contribution in [0.3, 0.4) is 0 Å². The molecular formula is C22H16O2S2. The van der Waals surface area contributed by atoms with E-state index in [0.29, 0.717) is 11.1 Å². The van der Waals surface area contributed by atoms with E-state index in [1.807, 2.05) is 74.5 Å². The number of fused-ring (bicyclic) bond motifs is 1. The fraction of sp³-hybridized carbons (Fsp3) is 0.0909. The van der Waals surface area contributed by atoms with Crippen LogP contribution in [0.5, 0.6) is 0 Å². The first-order chi connectivity index (χ1) is 12.6. The van der Waals surface area contributed by atoms with Crippen LogP contribution in [0.25, 0.3) is 9.40 Å². The zero-order chi connectivity index (χ0) is 18.3. The molecule has 4 rings (SSSR count). The van der Waals surface area contributed by atoms with Gasteiger partial charge >= 0.3 is 0 Å². The molecule has 2 nitrogen and oxygen atoms in total. The highest BCUT2D eigenvalue weighted by Gasteiger charge is 2.24. The van der Waals surface area contributed by atoms with Crippen molar-refractivity contribution >= 4 is 43.6 Å². The van der Waals surface area contributed by atoms with Gasteiger partial charge in [0.2, 0.25) is 11.6 Å². The Morgan fingerprint density at radius 3 is 1.38 bits per heavy atom. The minimum absolute atomic E-state index is 0.0480. The molecule has 0 fully saturated rings. The van der Waals surface area contributed by atoms with Crippen LogP contribution in [0.2, 0.25) is 0 Å². The summed E-state index contributed by atoms with van der Waals surface area (Å²) in [5.41, 5.74) is 3.34. The highest BCUT2D eigenvalue weighted by molar-refractivity contribution is 7.40. The summed E-state index contributed by atoms with van der Waals surface area (Å²) in [7, 11) is 0. The van der Waals surface area contributed by atoms with E-state index in [1.54, 1.807) is 0 Å². The van der Waals surface area contributed by atoms with Crippen LogP contribution in [0.4, 0.5) is 0 Å². The summed E-state index contributed by atoms with van der Waals surface area (Å²) >= 11 is 2.98. The molecule has 0 aliphatic heterocycles. The molecule has 128 valence electrons. The van der Waals surface area contributed by atoms with Crippen molar-refractivity contribution in [3.8, 4) is 0 Å². The number of benzene rings is 2. The van der Waals surface area contributed by atoms with E-state index in [9.17, 15) is 9.59 Å².